The highest BCUT2D eigenvalue weighted by Gasteiger charge is 2.24. The van der Waals surface area contributed by atoms with Gasteiger partial charge in [0.2, 0.25) is 11.1 Å². The Balaban J connectivity index is 1.56. The zero-order valence-corrected chi connectivity index (χ0v) is 15.9. The highest BCUT2D eigenvalue weighted by atomic mass is 32.2. The van der Waals surface area contributed by atoms with Gasteiger partial charge in [0.1, 0.15) is 0 Å². The molecular formula is C19H21N5OS. The topological polar surface area (TPSA) is 72.2 Å². The zero-order chi connectivity index (χ0) is 18.3. The smallest absolute Gasteiger partial charge is 0.253 e. The first-order valence-electron chi connectivity index (χ1n) is 8.71. The Kier molecular flexibility index (Phi) is 4.40. The molecule has 0 saturated heterocycles. The normalized spacial score (nSPS) is 16.0. The molecule has 3 aromatic rings. The van der Waals surface area contributed by atoms with E-state index in [1.807, 2.05) is 26.2 Å². The first-order chi connectivity index (χ1) is 12.6. The second-order valence-corrected chi connectivity index (χ2v) is 7.38. The van der Waals surface area contributed by atoms with Gasteiger partial charge in [0.15, 0.2) is 0 Å². The molecule has 1 aliphatic carbocycles. The number of hydrogen-bond donors (Lipinski definition) is 1. The van der Waals surface area contributed by atoms with Gasteiger partial charge in [0, 0.05) is 17.0 Å². The van der Waals surface area contributed by atoms with E-state index in [-0.39, 0.29) is 11.9 Å². The van der Waals surface area contributed by atoms with Crippen molar-refractivity contribution in [2.75, 3.05) is 6.26 Å². The SMILES string of the molecule is CSc1nc2nc(C)c(CC(=O)N[C@H]3CCc4ccccc43)c(C)n2n1. The summed E-state index contributed by atoms with van der Waals surface area (Å²) in [7, 11) is 0. The fraction of sp³-hybridized carbons (Fsp3) is 0.368. The van der Waals surface area contributed by atoms with Crippen molar-refractivity contribution >= 4 is 23.4 Å². The van der Waals surface area contributed by atoms with Crippen LogP contribution in [-0.2, 0) is 17.6 Å². The van der Waals surface area contributed by atoms with E-state index < -0.39 is 0 Å². The van der Waals surface area contributed by atoms with E-state index in [0.717, 1.165) is 29.8 Å². The quantitative estimate of drug-likeness (QED) is 0.718. The lowest BCUT2D eigenvalue weighted by Gasteiger charge is -2.15. The van der Waals surface area contributed by atoms with Crippen molar-refractivity contribution in [2.45, 2.75) is 44.3 Å². The van der Waals surface area contributed by atoms with Crippen molar-refractivity contribution in [3.63, 3.8) is 0 Å². The van der Waals surface area contributed by atoms with Gasteiger partial charge < -0.3 is 5.32 Å². The molecule has 1 aliphatic rings. The molecule has 0 bridgehead atoms. The second kappa shape index (κ2) is 6.72. The summed E-state index contributed by atoms with van der Waals surface area (Å²) in [6.45, 7) is 3.89. The predicted molar refractivity (Wildman–Crippen MR) is 101 cm³/mol. The van der Waals surface area contributed by atoms with Gasteiger partial charge in [-0.15, -0.1) is 5.10 Å². The molecule has 1 N–H and O–H groups in total. The van der Waals surface area contributed by atoms with E-state index in [0.29, 0.717) is 17.4 Å². The number of rotatable bonds is 4. The third-order valence-electron chi connectivity index (χ3n) is 5.02. The molecule has 0 aliphatic heterocycles. The number of amides is 1. The monoisotopic (exact) mass is 367 g/mol. The van der Waals surface area contributed by atoms with Crippen LogP contribution < -0.4 is 5.32 Å². The average molecular weight is 367 g/mol. The maximum atomic E-state index is 12.7. The van der Waals surface area contributed by atoms with Crippen LogP contribution in [0.3, 0.4) is 0 Å². The van der Waals surface area contributed by atoms with E-state index in [1.165, 1.54) is 22.9 Å². The summed E-state index contributed by atoms with van der Waals surface area (Å²) < 4.78 is 1.73. The summed E-state index contributed by atoms with van der Waals surface area (Å²) in [6.07, 6.45) is 4.21. The summed E-state index contributed by atoms with van der Waals surface area (Å²) in [6, 6.07) is 8.44. The summed E-state index contributed by atoms with van der Waals surface area (Å²) >= 11 is 1.48. The van der Waals surface area contributed by atoms with Crippen molar-refractivity contribution in [3.8, 4) is 0 Å². The van der Waals surface area contributed by atoms with Gasteiger partial charge in [-0.2, -0.15) is 4.98 Å². The molecule has 0 radical (unpaired) electrons. The number of nitrogens with zero attached hydrogens (tertiary/aromatic N) is 4. The fourth-order valence-electron chi connectivity index (χ4n) is 3.65. The van der Waals surface area contributed by atoms with E-state index in [4.69, 9.17) is 0 Å². The molecule has 2 aromatic heterocycles. The summed E-state index contributed by atoms with van der Waals surface area (Å²) in [4.78, 5) is 21.6. The predicted octanol–water partition coefficient (Wildman–Crippen LogP) is 2.81. The maximum absolute atomic E-state index is 12.7. The molecule has 1 aromatic carbocycles. The molecule has 1 amide bonds. The first kappa shape index (κ1) is 17.0. The van der Waals surface area contributed by atoms with Crippen molar-refractivity contribution in [3.05, 3.63) is 52.3 Å². The standard InChI is InChI=1S/C19H21N5OS/c1-11-15(12(2)24-18(20-11)22-19(23-24)26-3)10-17(25)21-16-9-8-13-6-4-5-7-14(13)16/h4-7,16H,8-10H2,1-3H3,(H,21,25)/t16-/m0/s1. The van der Waals surface area contributed by atoms with Gasteiger partial charge in [0.05, 0.1) is 12.5 Å². The van der Waals surface area contributed by atoms with Crippen LogP contribution >= 0.6 is 11.8 Å². The number of aryl methyl sites for hydroxylation is 3. The molecule has 0 unspecified atom stereocenters. The lowest BCUT2D eigenvalue weighted by Crippen LogP contribution is -2.29. The van der Waals surface area contributed by atoms with Crippen molar-refractivity contribution < 1.29 is 4.79 Å². The summed E-state index contributed by atoms with van der Waals surface area (Å²) in [5, 5.41) is 8.32. The van der Waals surface area contributed by atoms with Crippen molar-refractivity contribution in [1.82, 2.24) is 24.9 Å². The van der Waals surface area contributed by atoms with Gasteiger partial charge in [-0.25, -0.2) is 9.50 Å². The second-order valence-electron chi connectivity index (χ2n) is 6.61. The minimum absolute atomic E-state index is 0.0178. The minimum atomic E-state index is 0.0178. The zero-order valence-electron chi connectivity index (χ0n) is 15.1. The Hall–Kier alpha value is -2.41. The number of carbonyl (C=O) groups excluding carboxylic acids is 1. The first-order valence-corrected chi connectivity index (χ1v) is 9.93. The number of aromatic nitrogens is 4. The number of benzene rings is 1. The summed E-state index contributed by atoms with van der Waals surface area (Å²) in [5.74, 6) is 0.600. The van der Waals surface area contributed by atoms with Crippen LogP contribution in [0.5, 0.6) is 0 Å². The molecule has 26 heavy (non-hydrogen) atoms. The van der Waals surface area contributed by atoms with E-state index in [9.17, 15) is 4.79 Å². The highest BCUT2D eigenvalue weighted by Crippen LogP contribution is 2.30. The lowest BCUT2D eigenvalue weighted by atomic mass is 10.1. The molecule has 0 fully saturated rings. The van der Waals surface area contributed by atoms with Crippen LogP contribution in [0.15, 0.2) is 29.4 Å². The van der Waals surface area contributed by atoms with Gasteiger partial charge in [-0.3, -0.25) is 4.79 Å². The lowest BCUT2D eigenvalue weighted by molar-refractivity contribution is -0.121. The average Bonchev–Trinajstić information content (AvgIpc) is 3.23. The number of nitrogens with one attached hydrogen (secondary N) is 1. The molecule has 134 valence electrons. The third-order valence-corrected chi connectivity index (χ3v) is 5.56. The Morgan fingerprint density at radius 3 is 2.92 bits per heavy atom. The molecule has 2 heterocycles. The molecule has 0 saturated carbocycles. The number of fused-ring (bicyclic) bond motifs is 2. The van der Waals surface area contributed by atoms with Crippen LogP contribution in [-0.4, -0.2) is 31.7 Å². The largest absolute Gasteiger partial charge is 0.349 e. The van der Waals surface area contributed by atoms with Crippen LogP contribution in [0.2, 0.25) is 0 Å². The Labute approximate surface area is 156 Å². The van der Waals surface area contributed by atoms with E-state index in [2.05, 4.69) is 38.6 Å². The Morgan fingerprint density at radius 1 is 1.31 bits per heavy atom. The van der Waals surface area contributed by atoms with Crippen molar-refractivity contribution in [2.24, 2.45) is 0 Å². The Morgan fingerprint density at radius 2 is 2.12 bits per heavy atom. The van der Waals surface area contributed by atoms with E-state index >= 15 is 0 Å². The molecule has 7 heteroatoms. The molecular weight excluding hydrogens is 346 g/mol. The van der Waals surface area contributed by atoms with Gasteiger partial charge in [0.25, 0.3) is 5.78 Å². The number of thioether (sulfide) groups is 1. The van der Waals surface area contributed by atoms with Crippen LogP contribution in [0.4, 0.5) is 0 Å². The Bertz CT molecular complexity index is 997. The summed E-state index contributed by atoms with van der Waals surface area (Å²) in [5.41, 5.74) is 5.24. The van der Waals surface area contributed by atoms with Crippen LogP contribution in [0.1, 0.15) is 40.5 Å². The van der Waals surface area contributed by atoms with Gasteiger partial charge in [-0.1, -0.05) is 36.0 Å². The van der Waals surface area contributed by atoms with Crippen LogP contribution in [0.25, 0.3) is 5.78 Å². The van der Waals surface area contributed by atoms with Gasteiger partial charge >= 0.3 is 0 Å². The van der Waals surface area contributed by atoms with Crippen molar-refractivity contribution in [1.29, 1.82) is 0 Å². The van der Waals surface area contributed by atoms with E-state index in [1.54, 1.807) is 4.52 Å². The maximum Gasteiger partial charge on any atom is 0.253 e. The van der Waals surface area contributed by atoms with Crippen LogP contribution in [0, 0.1) is 13.8 Å². The minimum Gasteiger partial charge on any atom is -0.349 e. The molecule has 1 atom stereocenters. The van der Waals surface area contributed by atoms with Gasteiger partial charge in [-0.05, 0) is 44.1 Å². The number of carbonyl (C=O) groups is 1. The molecule has 0 spiro atoms. The third kappa shape index (κ3) is 2.96. The molecule has 4 rings (SSSR count). The highest BCUT2D eigenvalue weighted by molar-refractivity contribution is 7.98. The number of hydrogen-bond acceptors (Lipinski definition) is 5. The molecule has 6 nitrogen and oxygen atoms in total. The fourth-order valence-corrected chi connectivity index (χ4v) is 3.98.